The Kier molecular flexibility index (Phi) is 4.23. The van der Waals surface area contributed by atoms with Gasteiger partial charge < -0.3 is 16.4 Å². The van der Waals surface area contributed by atoms with E-state index in [1.807, 2.05) is 6.07 Å². The Bertz CT molecular complexity index is 221. The first kappa shape index (κ1) is 10.2. The molecule has 0 aliphatic carbocycles. The Labute approximate surface area is 71.0 Å². The van der Waals surface area contributed by atoms with E-state index in [0.29, 0.717) is 13.0 Å². The minimum atomic E-state index is -0.149. The van der Waals surface area contributed by atoms with E-state index in [4.69, 9.17) is 22.1 Å². The Morgan fingerprint density at radius 1 is 1.67 bits per heavy atom. The summed E-state index contributed by atoms with van der Waals surface area (Å²) < 4.78 is 0. The van der Waals surface area contributed by atoms with Gasteiger partial charge in [-0.15, -0.1) is 0 Å². The fourth-order valence-electron chi connectivity index (χ4n) is 0.531. The summed E-state index contributed by atoms with van der Waals surface area (Å²) in [5, 5.41) is 15.5. The van der Waals surface area contributed by atoms with Crippen LogP contribution in [0.25, 0.3) is 0 Å². The second kappa shape index (κ2) is 4.96. The lowest BCUT2D eigenvalue weighted by Crippen LogP contribution is -2.31. The van der Waals surface area contributed by atoms with Gasteiger partial charge in [-0.05, 0) is 0 Å². The van der Waals surface area contributed by atoms with Crippen molar-refractivity contribution in [1.29, 1.82) is 10.7 Å². The first-order valence-electron chi connectivity index (χ1n) is 3.34. The lowest BCUT2D eigenvalue weighted by Gasteiger charge is -2.14. The van der Waals surface area contributed by atoms with Crippen molar-refractivity contribution in [2.24, 2.45) is 16.5 Å². The molecule has 0 spiro atoms. The van der Waals surface area contributed by atoms with Gasteiger partial charge in [-0.3, -0.25) is 5.41 Å². The molecular weight excluding hydrogens is 156 g/mol. The fourth-order valence-corrected chi connectivity index (χ4v) is 0.531. The molecule has 0 aromatic carbocycles. The van der Waals surface area contributed by atoms with Crippen molar-refractivity contribution in [3.05, 3.63) is 0 Å². The molecule has 0 amide bonds. The van der Waals surface area contributed by atoms with E-state index in [-0.39, 0.29) is 11.9 Å². The van der Waals surface area contributed by atoms with E-state index in [2.05, 4.69) is 4.99 Å². The number of nitriles is 1. The third-order valence-corrected chi connectivity index (χ3v) is 1.16. The second-order valence-electron chi connectivity index (χ2n) is 2.19. The molecule has 6 nitrogen and oxygen atoms in total. The van der Waals surface area contributed by atoms with E-state index in [1.165, 1.54) is 4.90 Å². The Hall–Kier alpha value is -1.77. The SMILES string of the molecule is CN(CCC#N)C(=N)N=C(N)N. The lowest BCUT2D eigenvalue weighted by atomic mass is 10.4. The molecule has 0 fully saturated rings. The van der Waals surface area contributed by atoms with Gasteiger partial charge in [-0.1, -0.05) is 0 Å². The van der Waals surface area contributed by atoms with Crippen LogP contribution in [0.5, 0.6) is 0 Å². The predicted octanol–water partition coefficient (Wildman–Crippen LogP) is -0.960. The molecule has 0 saturated carbocycles. The Morgan fingerprint density at radius 3 is 2.67 bits per heavy atom. The zero-order chi connectivity index (χ0) is 9.56. The van der Waals surface area contributed by atoms with Gasteiger partial charge in [-0.25, -0.2) is 0 Å². The zero-order valence-corrected chi connectivity index (χ0v) is 6.91. The first-order valence-corrected chi connectivity index (χ1v) is 3.34. The van der Waals surface area contributed by atoms with Crippen LogP contribution in [0.4, 0.5) is 0 Å². The van der Waals surface area contributed by atoms with Crippen molar-refractivity contribution in [1.82, 2.24) is 4.90 Å². The third kappa shape index (κ3) is 4.11. The van der Waals surface area contributed by atoms with Crippen molar-refractivity contribution in [3.63, 3.8) is 0 Å². The number of guanidine groups is 2. The molecule has 66 valence electrons. The molecule has 0 atom stereocenters. The quantitative estimate of drug-likeness (QED) is 0.363. The normalized spacial score (nSPS) is 8.33. The number of hydrogen-bond donors (Lipinski definition) is 3. The van der Waals surface area contributed by atoms with Crippen molar-refractivity contribution in [2.45, 2.75) is 6.42 Å². The van der Waals surface area contributed by atoms with E-state index < -0.39 is 0 Å². The highest BCUT2D eigenvalue weighted by Crippen LogP contribution is 1.88. The zero-order valence-electron chi connectivity index (χ0n) is 6.91. The van der Waals surface area contributed by atoms with Crippen LogP contribution in [0.3, 0.4) is 0 Å². The highest BCUT2D eigenvalue weighted by molar-refractivity contribution is 5.91. The number of hydrogen-bond acceptors (Lipinski definition) is 2. The van der Waals surface area contributed by atoms with Gasteiger partial charge in [0.2, 0.25) is 5.96 Å². The smallest absolute Gasteiger partial charge is 0.220 e. The van der Waals surface area contributed by atoms with Gasteiger partial charge in [0.15, 0.2) is 5.96 Å². The minimum Gasteiger partial charge on any atom is -0.370 e. The maximum atomic E-state index is 8.25. The van der Waals surface area contributed by atoms with E-state index in [1.54, 1.807) is 7.05 Å². The molecule has 6 heteroatoms. The number of nitrogens with two attached hydrogens (primary N) is 2. The molecule has 0 unspecified atom stereocenters. The highest BCUT2D eigenvalue weighted by Gasteiger charge is 2.01. The van der Waals surface area contributed by atoms with E-state index >= 15 is 0 Å². The van der Waals surface area contributed by atoms with Crippen molar-refractivity contribution in [3.8, 4) is 6.07 Å². The van der Waals surface area contributed by atoms with Crippen LogP contribution in [0.15, 0.2) is 4.99 Å². The molecule has 0 rings (SSSR count). The molecule has 0 saturated heterocycles. The number of nitrogens with one attached hydrogen (secondary N) is 1. The molecule has 0 radical (unpaired) electrons. The Morgan fingerprint density at radius 2 is 2.25 bits per heavy atom. The topological polar surface area (TPSA) is 115 Å². The largest absolute Gasteiger partial charge is 0.370 e. The molecule has 0 bridgehead atoms. The first-order chi connectivity index (χ1) is 5.57. The van der Waals surface area contributed by atoms with Crippen LogP contribution in [0.1, 0.15) is 6.42 Å². The summed E-state index contributed by atoms with van der Waals surface area (Å²) in [7, 11) is 1.64. The van der Waals surface area contributed by atoms with E-state index in [0.717, 1.165) is 0 Å². The number of rotatable bonds is 2. The van der Waals surface area contributed by atoms with Gasteiger partial charge >= 0.3 is 0 Å². The standard InChI is InChI=1S/C6H12N6/c1-12(4-2-3-7)6(10)11-5(8)9/h2,4H2,1H3,(H5,8,9,10,11). The molecule has 0 aliphatic heterocycles. The molecule has 0 heterocycles. The summed E-state index contributed by atoms with van der Waals surface area (Å²) >= 11 is 0. The molecular formula is C6H12N6. The average molecular weight is 168 g/mol. The summed E-state index contributed by atoms with van der Waals surface area (Å²) in [6.45, 7) is 0.451. The van der Waals surface area contributed by atoms with Crippen LogP contribution in [0, 0.1) is 16.7 Å². The van der Waals surface area contributed by atoms with Crippen molar-refractivity contribution < 1.29 is 0 Å². The summed E-state index contributed by atoms with van der Waals surface area (Å²) in [5.74, 6) is -0.186. The summed E-state index contributed by atoms with van der Waals surface area (Å²) in [6, 6.07) is 1.96. The molecule has 0 aromatic heterocycles. The summed E-state index contributed by atoms with van der Waals surface area (Å²) in [5.41, 5.74) is 10.1. The van der Waals surface area contributed by atoms with Gasteiger partial charge in [0.25, 0.3) is 0 Å². The summed E-state index contributed by atoms with van der Waals surface area (Å²) in [6.07, 6.45) is 0.346. The van der Waals surface area contributed by atoms with Crippen LogP contribution >= 0.6 is 0 Å². The van der Waals surface area contributed by atoms with Crippen LogP contribution in [-0.4, -0.2) is 30.4 Å². The molecule has 0 aliphatic rings. The lowest BCUT2D eigenvalue weighted by molar-refractivity contribution is 0.506. The number of nitrogens with zero attached hydrogens (tertiary/aromatic N) is 3. The van der Waals surface area contributed by atoms with E-state index in [9.17, 15) is 0 Å². The van der Waals surface area contributed by atoms with Crippen molar-refractivity contribution in [2.75, 3.05) is 13.6 Å². The van der Waals surface area contributed by atoms with Gasteiger partial charge in [0, 0.05) is 13.6 Å². The van der Waals surface area contributed by atoms with Crippen LogP contribution in [0.2, 0.25) is 0 Å². The second-order valence-corrected chi connectivity index (χ2v) is 2.19. The monoisotopic (exact) mass is 168 g/mol. The van der Waals surface area contributed by atoms with Crippen LogP contribution in [-0.2, 0) is 0 Å². The van der Waals surface area contributed by atoms with Gasteiger partial charge in [0.05, 0.1) is 12.5 Å². The van der Waals surface area contributed by atoms with Crippen LogP contribution < -0.4 is 11.5 Å². The molecule has 5 N–H and O–H groups in total. The fraction of sp³-hybridized carbons (Fsp3) is 0.500. The number of aliphatic imine (C=N–C) groups is 1. The third-order valence-electron chi connectivity index (χ3n) is 1.16. The minimum absolute atomic E-state index is 0.0368. The average Bonchev–Trinajstić information content (AvgIpc) is 1.98. The highest BCUT2D eigenvalue weighted by atomic mass is 15.2. The maximum Gasteiger partial charge on any atom is 0.220 e. The van der Waals surface area contributed by atoms with Gasteiger partial charge in [0.1, 0.15) is 0 Å². The van der Waals surface area contributed by atoms with Crippen molar-refractivity contribution >= 4 is 11.9 Å². The molecule has 0 aromatic rings. The molecule has 12 heavy (non-hydrogen) atoms. The predicted molar refractivity (Wildman–Crippen MR) is 46.4 cm³/mol. The summed E-state index contributed by atoms with van der Waals surface area (Å²) in [4.78, 5) is 4.99. The Balaban J connectivity index is 3.95. The van der Waals surface area contributed by atoms with Gasteiger partial charge in [-0.2, -0.15) is 10.3 Å². The maximum absolute atomic E-state index is 8.25.